The highest BCUT2D eigenvalue weighted by Gasteiger charge is 2.18. The summed E-state index contributed by atoms with van der Waals surface area (Å²) in [7, 11) is 3.15. The van der Waals surface area contributed by atoms with Gasteiger partial charge in [-0.1, -0.05) is 23.7 Å². The second-order valence-electron chi connectivity index (χ2n) is 4.28. The second kappa shape index (κ2) is 6.20. The van der Waals surface area contributed by atoms with Crippen molar-refractivity contribution in [2.45, 2.75) is 6.04 Å². The largest absolute Gasteiger partial charge is 0.497 e. The van der Waals surface area contributed by atoms with Gasteiger partial charge in [-0.15, -0.1) is 0 Å². The van der Waals surface area contributed by atoms with Gasteiger partial charge in [0.05, 0.1) is 18.2 Å². The summed E-state index contributed by atoms with van der Waals surface area (Å²) in [5, 5.41) is 3.01. The van der Waals surface area contributed by atoms with Crippen LogP contribution in [0.1, 0.15) is 17.2 Å². The Kier molecular flexibility index (Phi) is 4.57. The summed E-state index contributed by atoms with van der Waals surface area (Å²) < 4.78 is 32.6. The van der Waals surface area contributed by atoms with Crippen molar-refractivity contribution in [1.29, 1.82) is 0 Å². The molecular weight excluding hydrogens is 284 g/mol. The normalized spacial score (nSPS) is 12.2. The lowest BCUT2D eigenvalue weighted by molar-refractivity contribution is 0.410. The van der Waals surface area contributed by atoms with E-state index in [0.717, 1.165) is 0 Å². The summed E-state index contributed by atoms with van der Waals surface area (Å²) in [5.74, 6) is -0.513. The fourth-order valence-corrected chi connectivity index (χ4v) is 2.18. The quantitative estimate of drug-likeness (QED) is 0.923. The topological polar surface area (TPSA) is 21.3 Å². The molecule has 0 aliphatic rings. The zero-order valence-corrected chi connectivity index (χ0v) is 11.8. The molecule has 106 valence electrons. The number of hydrogen-bond donors (Lipinski definition) is 1. The lowest BCUT2D eigenvalue weighted by Gasteiger charge is -2.18. The zero-order chi connectivity index (χ0) is 14.7. The summed E-state index contributed by atoms with van der Waals surface area (Å²) in [6.07, 6.45) is 0. The third-order valence-electron chi connectivity index (χ3n) is 3.08. The maximum absolute atomic E-state index is 14.1. The van der Waals surface area contributed by atoms with Crippen molar-refractivity contribution in [3.63, 3.8) is 0 Å². The third-order valence-corrected chi connectivity index (χ3v) is 3.39. The first-order chi connectivity index (χ1) is 9.56. The van der Waals surface area contributed by atoms with E-state index in [1.807, 2.05) is 0 Å². The standard InChI is InChI=1S/C15H14ClF2NO/c1-19-15(9-3-6-12(16)14(18)7-9)11-5-4-10(20-2)8-13(11)17/h3-8,15,19H,1-2H3. The Hall–Kier alpha value is -1.65. The highest BCUT2D eigenvalue weighted by atomic mass is 35.5. The van der Waals surface area contributed by atoms with Crippen LogP contribution in [0.2, 0.25) is 5.02 Å². The molecule has 0 aliphatic carbocycles. The second-order valence-corrected chi connectivity index (χ2v) is 4.69. The molecule has 5 heteroatoms. The summed E-state index contributed by atoms with van der Waals surface area (Å²) in [6.45, 7) is 0. The van der Waals surface area contributed by atoms with Gasteiger partial charge in [-0.2, -0.15) is 0 Å². The Morgan fingerprint density at radius 2 is 1.85 bits per heavy atom. The van der Waals surface area contributed by atoms with E-state index in [4.69, 9.17) is 16.3 Å². The molecule has 1 atom stereocenters. The highest BCUT2D eigenvalue weighted by Crippen LogP contribution is 2.28. The van der Waals surface area contributed by atoms with E-state index < -0.39 is 17.7 Å². The van der Waals surface area contributed by atoms with E-state index in [9.17, 15) is 8.78 Å². The molecule has 20 heavy (non-hydrogen) atoms. The summed E-state index contributed by atoms with van der Waals surface area (Å²) in [5.41, 5.74) is 1.01. The van der Waals surface area contributed by atoms with Crippen molar-refractivity contribution in [2.75, 3.05) is 14.2 Å². The average Bonchev–Trinajstić information content (AvgIpc) is 2.45. The van der Waals surface area contributed by atoms with E-state index >= 15 is 0 Å². The van der Waals surface area contributed by atoms with Crippen LogP contribution in [-0.4, -0.2) is 14.2 Å². The first kappa shape index (κ1) is 14.8. The minimum Gasteiger partial charge on any atom is -0.497 e. The molecule has 1 N–H and O–H groups in total. The van der Waals surface area contributed by atoms with Gasteiger partial charge in [0, 0.05) is 11.6 Å². The number of hydrogen-bond acceptors (Lipinski definition) is 2. The summed E-state index contributed by atoms with van der Waals surface area (Å²) in [4.78, 5) is 0. The van der Waals surface area contributed by atoms with Gasteiger partial charge in [-0.3, -0.25) is 0 Å². The number of ether oxygens (including phenoxy) is 1. The third kappa shape index (κ3) is 2.92. The predicted octanol–water partition coefficient (Wildman–Crippen LogP) is 3.94. The predicted molar refractivity (Wildman–Crippen MR) is 75.3 cm³/mol. The number of rotatable bonds is 4. The molecule has 0 spiro atoms. The van der Waals surface area contributed by atoms with E-state index in [1.165, 1.54) is 25.3 Å². The first-order valence-electron chi connectivity index (χ1n) is 6.02. The lowest BCUT2D eigenvalue weighted by Crippen LogP contribution is -2.19. The Balaban J connectivity index is 2.43. The minimum absolute atomic E-state index is 0.0406. The molecule has 0 aliphatic heterocycles. The maximum atomic E-state index is 14.1. The van der Waals surface area contributed by atoms with Gasteiger partial charge in [-0.25, -0.2) is 8.78 Å². The number of halogens is 3. The molecule has 2 nitrogen and oxygen atoms in total. The van der Waals surface area contributed by atoms with Crippen molar-refractivity contribution in [2.24, 2.45) is 0 Å². The molecule has 0 fully saturated rings. The van der Waals surface area contributed by atoms with Gasteiger partial charge in [0.15, 0.2) is 0 Å². The van der Waals surface area contributed by atoms with E-state index in [1.54, 1.807) is 25.2 Å². The van der Waals surface area contributed by atoms with Crippen molar-refractivity contribution >= 4 is 11.6 Å². The monoisotopic (exact) mass is 297 g/mol. The summed E-state index contributed by atoms with van der Waals surface area (Å²) in [6, 6.07) is 8.53. The molecule has 0 saturated heterocycles. The Bertz CT molecular complexity index is 619. The van der Waals surface area contributed by atoms with Gasteiger partial charge in [-0.05, 0) is 30.8 Å². The summed E-state index contributed by atoms with van der Waals surface area (Å²) >= 11 is 5.66. The Labute approximate surface area is 121 Å². The lowest BCUT2D eigenvalue weighted by atomic mass is 9.98. The van der Waals surface area contributed by atoms with Gasteiger partial charge in [0.25, 0.3) is 0 Å². The zero-order valence-electron chi connectivity index (χ0n) is 11.1. The molecule has 0 aromatic heterocycles. The van der Waals surface area contributed by atoms with Crippen molar-refractivity contribution < 1.29 is 13.5 Å². The molecule has 0 radical (unpaired) electrons. The molecule has 2 aromatic rings. The molecule has 2 aromatic carbocycles. The highest BCUT2D eigenvalue weighted by molar-refractivity contribution is 6.30. The number of benzene rings is 2. The maximum Gasteiger partial charge on any atom is 0.142 e. The van der Waals surface area contributed by atoms with Crippen LogP contribution in [0.4, 0.5) is 8.78 Å². The van der Waals surface area contributed by atoms with Crippen LogP contribution < -0.4 is 10.1 Å². The Morgan fingerprint density at radius 3 is 2.40 bits per heavy atom. The SMILES string of the molecule is CNC(c1ccc(Cl)c(F)c1)c1ccc(OC)cc1F. The van der Waals surface area contributed by atoms with Crippen LogP contribution in [-0.2, 0) is 0 Å². The van der Waals surface area contributed by atoms with Gasteiger partial charge in [0.2, 0.25) is 0 Å². The van der Waals surface area contributed by atoms with E-state index in [2.05, 4.69) is 5.32 Å². The van der Waals surface area contributed by atoms with Crippen molar-refractivity contribution in [1.82, 2.24) is 5.32 Å². The molecule has 0 heterocycles. The van der Waals surface area contributed by atoms with E-state index in [0.29, 0.717) is 16.9 Å². The molecule has 2 rings (SSSR count). The van der Waals surface area contributed by atoms with Gasteiger partial charge in [0.1, 0.15) is 17.4 Å². The van der Waals surface area contributed by atoms with Gasteiger partial charge < -0.3 is 10.1 Å². The smallest absolute Gasteiger partial charge is 0.142 e. The molecule has 0 bridgehead atoms. The average molecular weight is 298 g/mol. The number of methoxy groups -OCH3 is 1. The fourth-order valence-electron chi connectivity index (χ4n) is 2.06. The van der Waals surface area contributed by atoms with Crippen LogP contribution in [0, 0.1) is 11.6 Å². The van der Waals surface area contributed by atoms with Crippen molar-refractivity contribution in [3.05, 3.63) is 64.2 Å². The fraction of sp³-hybridized carbons (Fsp3) is 0.200. The van der Waals surface area contributed by atoms with Crippen LogP contribution in [0.25, 0.3) is 0 Å². The van der Waals surface area contributed by atoms with Crippen LogP contribution in [0.15, 0.2) is 36.4 Å². The van der Waals surface area contributed by atoms with Gasteiger partial charge >= 0.3 is 0 Å². The van der Waals surface area contributed by atoms with Crippen LogP contribution in [0.3, 0.4) is 0 Å². The van der Waals surface area contributed by atoms with Crippen LogP contribution in [0.5, 0.6) is 5.75 Å². The van der Waals surface area contributed by atoms with Crippen molar-refractivity contribution in [3.8, 4) is 5.75 Å². The molecule has 0 amide bonds. The van der Waals surface area contributed by atoms with Crippen LogP contribution >= 0.6 is 11.6 Å². The first-order valence-corrected chi connectivity index (χ1v) is 6.40. The number of nitrogens with one attached hydrogen (secondary N) is 1. The van der Waals surface area contributed by atoms with E-state index in [-0.39, 0.29) is 5.02 Å². The minimum atomic E-state index is -0.529. The molecule has 1 unspecified atom stereocenters. The Morgan fingerprint density at radius 1 is 1.10 bits per heavy atom. The molecular formula is C15H14ClF2NO. The molecule has 0 saturated carbocycles.